The molecule has 0 atom stereocenters. The predicted molar refractivity (Wildman–Crippen MR) is 86.2 cm³/mol. The molecule has 0 aliphatic carbocycles. The van der Waals surface area contributed by atoms with E-state index < -0.39 is 10.8 Å². The van der Waals surface area contributed by atoms with Gasteiger partial charge in [-0.2, -0.15) is 5.10 Å². The number of nitrogens with one attached hydrogen (secondary N) is 1. The standard InChI is InChI=1S/C15H16N6O4/c22-14(19-5-1-2-6-19)8-17-15(23)11-3-4-12(13(7-11)21(24)25)20-10-16-9-18-20/h3-4,7,9-10H,1-2,5-6,8H2,(H,17,23). The molecule has 1 aromatic carbocycles. The summed E-state index contributed by atoms with van der Waals surface area (Å²) in [5.74, 6) is -0.694. The van der Waals surface area contributed by atoms with Crippen LogP contribution < -0.4 is 5.32 Å². The fourth-order valence-electron chi connectivity index (χ4n) is 2.67. The minimum Gasteiger partial charge on any atom is -0.343 e. The first-order chi connectivity index (χ1) is 12.1. The summed E-state index contributed by atoms with van der Waals surface area (Å²) in [6, 6.07) is 4.02. The van der Waals surface area contributed by atoms with Gasteiger partial charge in [-0.05, 0) is 25.0 Å². The molecule has 25 heavy (non-hydrogen) atoms. The van der Waals surface area contributed by atoms with E-state index >= 15 is 0 Å². The summed E-state index contributed by atoms with van der Waals surface area (Å²) in [7, 11) is 0. The Balaban J connectivity index is 1.73. The van der Waals surface area contributed by atoms with Crippen molar-refractivity contribution in [2.45, 2.75) is 12.8 Å². The van der Waals surface area contributed by atoms with Gasteiger partial charge in [0.05, 0.1) is 11.5 Å². The highest BCUT2D eigenvalue weighted by Gasteiger charge is 2.21. The van der Waals surface area contributed by atoms with Crippen LogP contribution in [0, 0.1) is 10.1 Å². The first-order valence-corrected chi connectivity index (χ1v) is 7.75. The van der Waals surface area contributed by atoms with E-state index in [0.717, 1.165) is 18.9 Å². The molecule has 1 aromatic heterocycles. The number of carbonyl (C=O) groups excluding carboxylic acids is 2. The van der Waals surface area contributed by atoms with Crippen molar-refractivity contribution in [3.63, 3.8) is 0 Å². The number of nitro benzene ring substituents is 1. The fourth-order valence-corrected chi connectivity index (χ4v) is 2.67. The summed E-state index contributed by atoms with van der Waals surface area (Å²) in [4.78, 5) is 40.3. The molecule has 0 saturated carbocycles. The molecule has 0 bridgehead atoms. The van der Waals surface area contributed by atoms with Crippen molar-refractivity contribution >= 4 is 17.5 Å². The van der Waals surface area contributed by atoms with Crippen LogP contribution in [0.3, 0.4) is 0 Å². The molecule has 2 aromatic rings. The first kappa shape index (κ1) is 16.6. The van der Waals surface area contributed by atoms with Crippen LogP contribution in [0.15, 0.2) is 30.9 Å². The van der Waals surface area contributed by atoms with Gasteiger partial charge in [0.25, 0.3) is 11.6 Å². The average Bonchev–Trinajstić information content (AvgIpc) is 3.32. The van der Waals surface area contributed by atoms with Crippen LogP contribution in [0.2, 0.25) is 0 Å². The molecule has 0 spiro atoms. The van der Waals surface area contributed by atoms with Crippen molar-refractivity contribution in [3.05, 3.63) is 46.5 Å². The van der Waals surface area contributed by atoms with Gasteiger partial charge in [-0.1, -0.05) is 0 Å². The monoisotopic (exact) mass is 344 g/mol. The van der Waals surface area contributed by atoms with Gasteiger partial charge < -0.3 is 10.2 Å². The normalized spacial score (nSPS) is 13.7. The van der Waals surface area contributed by atoms with Crippen LogP contribution in [0.4, 0.5) is 5.69 Å². The first-order valence-electron chi connectivity index (χ1n) is 7.75. The lowest BCUT2D eigenvalue weighted by atomic mass is 10.1. The number of nitro groups is 1. The highest BCUT2D eigenvalue weighted by Crippen LogP contribution is 2.23. The van der Waals surface area contributed by atoms with E-state index in [0.29, 0.717) is 13.1 Å². The van der Waals surface area contributed by atoms with Crippen molar-refractivity contribution in [1.82, 2.24) is 25.0 Å². The molecule has 0 radical (unpaired) electrons. The maximum absolute atomic E-state index is 12.2. The van der Waals surface area contributed by atoms with Crippen LogP contribution in [-0.4, -0.2) is 56.0 Å². The van der Waals surface area contributed by atoms with Gasteiger partial charge >= 0.3 is 0 Å². The molecule has 3 rings (SSSR count). The number of rotatable bonds is 5. The highest BCUT2D eigenvalue weighted by atomic mass is 16.6. The Kier molecular flexibility index (Phi) is 4.68. The van der Waals surface area contributed by atoms with Gasteiger partial charge in [0.15, 0.2) is 0 Å². The molecule has 2 heterocycles. The van der Waals surface area contributed by atoms with E-state index in [1.165, 1.54) is 29.5 Å². The smallest absolute Gasteiger partial charge is 0.295 e. The van der Waals surface area contributed by atoms with Crippen LogP contribution in [-0.2, 0) is 4.79 Å². The minimum atomic E-state index is -0.594. The highest BCUT2D eigenvalue weighted by molar-refractivity contribution is 5.97. The van der Waals surface area contributed by atoms with Crippen molar-refractivity contribution in [2.75, 3.05) is 19.6 Å². The number of aromatic nitrogens is 3. The van der Waals surface area contributed by atoms with Crippen LogP contribution in [0.25, 0.3) is 5.69 Å². The lowest BCUT2D eigenvalue weighted by Gasteiger charge is -2.15. The molecule has 10 heteroatoms. The Bertz CT molecular complexity index is 798. The third-order valence-corrected chi connectivity index (χ3v) is 3.96. The van der Waals surface area contributed by atoms with Crippen molar-refractivity contribution in [1.29, 1.82) is 0 Å². The third-order valence-electron chi connectivity index (χ3n) is 3.96. The van der Waals surface area contributed by atoms with Gasteiger partial charge in [-0.25, -0.2) is 9.67 Å². The maximum atomic E-state index is 12.2. The lowest BCUT2D eigenvalue weighted by molar-refractivity contribution is -0.384. The Hall–Kier alpha value is -3.30. The summed E-state index contributed by atoms with van der Waals surface area (Å²) in [6.45, 7) is 1.27. The molecular formula is C15H16N6O4. The molecule has 1 saturated heterocycles. The second-order valence-corrected chi connectivity index (χ2v) is 5.57. The van der Waals surface area contributed by atoms with Crippen LogP contribution in [0.1, 0.15) is 23.2 Å². The third kappa shape index (κ3) is 3.62. The van der Waals surface area contributed by atoms with E-state index in [4.69, 9.17) is 0 Å². The van der Waals surface area contributed by atoms with Gasteiger partial charge in [0.1, 0.15) is 18.3 Å². The summed E-state index contributed by atoms with van der Waals surface area (Å²) in [5.41, 5.74) is 0.0287. The predicted octanol–water partition coefficient (Wildman–Crippen LogP) is 0.528. The Labute approximate surface area is 142 Å². The second kappa shape index (κ2) is 7.07. The number of nitrogens with zero attached hydrogens (tertiary/aromatic N) is 5. The van der Waals surface area contributed by atoms with E-state index in [1.54, 1.807) is 4.90 Å². The molecule has 1 fully saturated rings. The number of hydrogen-bond donors (Lipinski definition) is 1. The average molecular weight is 344 g/mol. The quantitative estimate of drug-likeness (QED) is 0.623. The maximum Gasteiger partial charge on any atom is 0.295 e. The molecule has 1 aliphatic rings. The zero-order valence-corrected chi connectivity index (χ0v) is 13.3. The van der Waals surface area contributed by atoms with Crippen LogP contribution in [0.5, 0.6) is 0 Å². The molecule has 1 aliphatic heterocycles. The zero-order valence-electron chi connectivity index (χ0n) is 13.3. The molecule has 1 N–H and O–H groups in total. The molecule has 10 nitrogen and oxygen atoms in total. The SMILES string of the molecule is O=C(NCC(=O)N1CCCC1)c1ccc(-n2cncn2)c([N+](=O)[O-])c1. The summed E-state index contributed by atoms with van der Waals surface area (Å²) < 4.78 is 1.25. The van der Waals surface area contributed by atoms with Gasteiger partial charge in [0, 0.05) is 24.7 Å². The van der Waals surface area contributed by atoms with E-state index in [-0.39, 0.29) is 29.4 Å². The fraction of sp³-hybridized carbons (Fsp3) is 0.333. The molecule has 2 amide bonds. The Morgan fingerprint density at radius 3 is 2.68 bits per heavy atom. The summed E-state index contributed by atoms with van der Waals surface area (Å²) in [6.07, 6.45) is 4.52. The number of amides is 2. The van der Waals surface area contributed by atoms with E-state index in [9.17, 15) is 19.7 Å². The van der Waals surface area contributed by atoms with Gasteiger partial charge in [0.2, 0.25) is 5.91 Å². The van der Waals surface area contributed by atoms with Crippen molar-refractivity contribution in [3.8, 4) is 5.69 Å². The summed E-state index contributed by atoms with van der Waals surface area (Å²) >= 11 is 0. The molecular weight excluding hydrogens is 328 g/mol. The number of benzene rings is 1. The topological polar surface area (TPSA) is 123 Å². The van der Waals surface area contributed by atoms with Crippen molar-refractivity contribution < 1.29 is 14.5 Å². The number of hydrogen-bond acceptors (Lipinski definition) is 6. The van der Waals surface area contributed by atoms with Gasteiger partial charge in [-0.3, -0.25) is 19.7 Å². The minimum absolute atomic E-state index is 0.102. The Morgan fingerprint density at radius 2 is 2.04 bits per heavy atom. The number of likely N-dealkylation sites (tertiary alicyclic amines) is 1. The zero-order chi connectivity index (χ0) is 17.8. The van der Waals surface area contributed by atoms with Crippen LogP contribution >= 0.6 is 0 Å². The van der Waals surface area contributed by atoms with Gasteiger partial charge in [-0.15, -0.1) is 0 Å². The second-order valence-electron chi connectivity index (χ2n) is 5.57. The lowest BCUT2D eigenvalue weighted by Crippen LogP contribution is -2.38. The van der Waals surface area contributed by atoms with E-state index in [1.807, 2.05) is 0 Å². The Morgan fingerprint density at radius 1 is 1.28 bits per heavy atom. The summed E-state index contributed by atoms with van der Waals surface area (Å²) in [5, 5.41) is 17.6. The van der Waals surface area contributed by atoms with Crippen molar-refractivity contribution in [2.24, 2.45) is 0 Å². The number of carbonyl (C=O) groups is 2. The molecule has 130 valence electrons. The van der Waals surface area contributed by atoms with E-state index in [2.05, 4.69) is 15.4 Å². The molecule has 0 unspecified atom stereocenters. The largest absolute Gasteiger partial charge is 0.343 e.